The number of amides is 1. The van der Waals surface area contributed by atoms with Crippen molar-refractivity contribution < 1.29 is 4.79 Å². The topological polar surface area (TPSA) is 42.0 Å². The predicted molar refractivity (Wildman–Crippen MR) is 54.1 cm³/mol. The van der Waals surface area contributed by atoms with Crippen LogP contribution < -0.4 is 5.32 Å². The largest absolute Gasteiger partial charge is 0.348 e. The maximum Gasteiger partial charge on any atom is 0.253 e. The second kappa shape index (κ2) is 2.80. The van der Waals surface area contributed by atoms with Crippen LogP contribution >= 0.6 is 0 Å². The molecule has 0 bridgehead atoms. The van der Waals surface area contributed by atoms with Gasteiger partial charge in [0, 0.05) is 23.9 Å². The summed E-state index contributed by atoms with van der Waals surface area (Å²) in [5.41, 5.74) is 2.86. The lowest BCUT2D eigenvalue weighted by Crippen LogP contribution is -2.14. The van der Waals surface area contributed by atoms with Crippen LogP contribution in [0.25, 0.3) is 0 Å². The van der Waals surface area contributed by atoms with Gasteiger partial charge in [0.05, 0.1) is 5.56 Å². The van der Waals surface area contributed by atoms with Crippen molar-refractivity contribution in [3.05, 3.63) is 29.1 Å². The number of rotatable bonds is 0. The first-order valence-corrected chi connectivity index (χ1v) is 4.76. The van der Waals surface area contributed by atoms with E-state index in [0.717, 1.165) is 16.8 Å². The highest BCUT2D eigenvalue weighted by Crippen LogP contribution is 2.23. The van der Waals surface area contributed by atoms with Crippen molar-refractivity contribution in [2.24, 2.45) is 0 Å². The molecule has 0 fully saturated rings. The zero-order valence-electron chi connectivity index (χ0n) is 8.72. The van der Waals surface area contributed by atoms with Crippen LogP contribution in [-0.4, -0.2) is 10.9 Å². The second-order valence-corrected chi connectivity index (χ2v) is 4.66. The first-order chi connectivity index (χ1) is 6.48. The molecule has 0 saturated heterocycles. The summed E-state index contributed by atoms with van der Waals surface area (Å²) < 4.78 is 0. The standard InChI is InChI=1S/C11H14N2O/c1-11(2,3)9-4-7-5-13-10(14)8(7)6-12-9/h4,6H,5H2,1-3H3,(H,13,14). The third-order valence-electron chi connectivity index (χ3n) is 2.44. The van der Waals surface area contributed by atoms with Gasteiger partial charge in [-0.1, -0.05) is 20.8 Å². The Balaban J connectivity index is 2.47. The molecule has 1 aliphatic rings. The highest BCUT2D eigenvalue weighted by Gasteiger charge is 2.22. The molecule has 1 aliphatic heterocycles. The molecule has 0 aliphatic carbocycles. The van der Waals surface area contributed by atoms with Crippen LogP contribution in [0, 0.1) is 0 Å². The van der Waals surface area contributed by atoms with Crippen LogP contribution in [0.1, 0.15) is 42.4 Å². The van der Waals surface area contributed by atoms with E-state index in [4.69, 9.17) is 0 Å². The Hall–Kier alpha value is -1.38. The number of aromatic nitrogens is 1. The fraction of sp³-hybridized carbons (Fsp3) is 0.455. The maximum atomic E-state index is 11.3. The van der Waals surface area contributed by atoms with E-state index in [1.807, 2.05) is 6.07 Å². The number of nitrogens with one attached hydrogen (secondary N) is 1. The summed E-state index contributed by atoms with van der Waals surface area (Å²) >= 11 is 0. The molecule has 3 nitrogen and oxygen atoms in total. The van der Waals surface area contributed by atoms with Gasteiger partial charge in [-0.25, -0.2) is 0 Å². The Morgan fingerprint density at radius 3 is 2.79 bits per heavy atom. The lowest BCUT2D eigenvalue weighted by molar-refractivity contribution is 0.0965. The minimum Gasteiger partial charge on any atom is -0.348 e. The summed E-state index contributed by atoms with van der Waals surface area (Å²) in [5, 5.41) is 2.78. The van der Waals surface area contributed by atoms with Crippen molar-refractivity contribution in [1.29, 1.82) is 0 Å². The van der Waals surface area contributed by atoms with Gasteiger partial charge in [-0.2, -0.15) is 0 Å². The fourth-order valence-electron chi connectivity index (χ4n) is 1.53. The van der Waals surface area contributed by atoms with Crippen molar-refractivity contribution in [3.8, 4) is 0 Å². The number of carbonyl (C=O) groups excluding carboxylic acids is 1. The summed E-state index contributed by atoms with van der Waals surface area (Å²) in [6, 6.07) is 2.02. The Morgan fingerprint density at radius 1 is 1.43 bits per heavy atom. The van der Waals surface area contributed by atoms with E-state index in [2.05, 4.69) is 31.1 Å². The van der Waals surface area contributed by atoms with Crippen LogP contribution in [0.4, 0.5) is 0 Å². The average Bonchev–Trinajstić information content (AvgIpc) is 2.46. The lowest BCUT2D eigenvalue weighted by Gasteiger charge is -2.17. The monoisotopic (exact) mass is 190 g/mol. The van der Waals surface area contributed by atoms with Crippen LogP contribution in [0.15, 0.2) is 12.3 Å². The van der Waals surface area contributed by atoms with Crippen LogP contribution in [0.5, 0.6) is 0 Å². The number of carbonyl (C=O) groups is 1. The third kappa shape index (κ3) is 1.39. The van der Waals surface area contributed by atoms with Gasteiger partial charge >= 0.3 is 0 Å². The van der Waals surface area contributed by atoms with Crippen molar-refractivity contribution in [2.45, 2.75) is 32.7 Å². The molecule has 14 heavy (non-hydrogen) atoms. The SMILES string of the molecule is CC(C)(C)c1cc2c(cn1)C(=O)NC2. The van der Waals surface area contributed by atoms with Crippen LogP contribution in [0.3, 0.4) is 0 Å². The molecule has 0 unspecified atom stereocenters. The number of pyridine rings is 1. The van der Waals surface area contributed by atoms with Gasteiger partial charge in [0.1, 0.15) is 0 Å². The first kappa shape index (κ1) is 9.19. The molecule has 1 aromatic heterocycles. The van der Waals surface area contributed by atoms with E-state index in [0.29, 0.717) is 6.54 Å². The van der Waals surface area contributed by atoms with Crippen molar-refractivity contribution in [1.82, 2.24) is 10.3 Å². The van der Waals surface area contributed by atoms with Crippen molar-refractivity contribution in [3.63, 3.8) is 0 Å². The second-order valence-electron chi connectivity index (χ2n) is 4.66. The molecule has 0 saturated carbocycles. The van der Waals surface area contributed by atoms with E-state index in [9.17, 15) is 4.79 Å². The minimum absolute atomic E-state index is 0.00652. The average molecular weight is 190 g/mol. The summed E-state index contributed by atoms with van der Waals surface area (Å²) in [6.07, 6.45) is 1.68. The molecule has 0 radical (unpaired) electrons. The molecule has 3 heteroatoms. The number of hydrogen-bond acceptors (Lipinski definition) is 2. The molecule has 0 atom stereocenters. The van der Waals surface area contributed by atoms with Gasteiger partial charge in [-0.3, -0.25) is 9.78 Å². The summed E-state index contributed by atoms with van der Waals surface area (Å²) in [7, 11) is 0. The Bertz CT molecular complexity index is 391. The number of hydrogen-bond donors (Lipinski definition) is 1. The van der Waals surface area contributed by atoms with Gasteiger partial charge < -0.3 is 5.32 Å². The predicted octanol–water partition coefficient (Wildman–Crippen LogP) is 1.62. The minimum atomic E-state index is -0.00652. The van der Waals surface area contributed by atoms with Crippen molar-refractivity contribution in [2.75, 3.05) is 0 Å². The molecule has 1 N–H and O–H groups in total. The highest BCUT2D eigenvalue weighted by molar-refractivity contribution is 5.97. The van der Waals surface area contributed by atoms with Gasteiger partial charge in [-0.05, 0) is 11.6 Å². The van der Waals surface area contributed by atoms with E-state index in [-0.39, 0.29) is 11.3 Å². The Kier molecular flexibility index (Phi) is 1.84. The molecule has 1 aromatic rings. The zero-order chi connectivity index (χ0) is 10.3. The van der Waals surface area contributed by atoms with Crippen LogP contribution in [-0.2, 0) is 12.0 Å². The summed E-state index contributed by atoms with van der Waals surface area (Å²) in [6.45, 7) is 6.99. The number of nitrogens with zero attached hydrogens (tertiary/aromatic N) is 1. The van der Waals surface area contributed by atoms with E-state index < -0.39 is 0 Å². The Morgan fingerprint density at radius 2 is 2.14 bits per heavy atom. The fourth-order valence-corrected chi connectivity index (χ4v) is 1.53. The van der Waals surface area contributed by atoms with Gasteiger partial charge in [0.2, 0.25) is 0 Å². The summed E-state index contributed by atoms with van der Waals surface area (Å²) in [4.78, 5) is 15.6. The molecule has 1 amide bonds. The van der Waals surface area contributed by atoms with E-state index in [1.165, 1.54) is 0 Å². The van der Waals surface area contributed by atoms with Crippen molar-refractivity contribution >= 4 is 5.91 Å². The van der Waals surface area contributed by atoms with E-state index >= 15 is 0 Å². The third-order valence-corrected chi connectivity index (χ3v) is 2.44. The number of fused-ring (bicyclic) bond motifs is 1. The lowest BCUT2D eigenvalue weighted by atomic mass is 9.90. The molecule has 0 aromatic carbocycles. The van der Waals surface area contributed by atoms with Gasteiger partial charge in [-0.15, -0.1) is 0 Å². The molecule has 0 spiro atoms. The van der Waals surface area contributed by atoms with Gasteiger partial charge in [0.25, 0.3) is 5.91 Å². The maximum absolute atomic E-state index is 11.3. The normalized spacial score (nSPS) is 15.2. The Labute approximate surface area is 83.5 Å². The quantitative estimate of drug-likeness (QED) is 0.675. The summed E-state index contributed by atoms with van der Waals surface area (Å²) in [5.74, 6) is -0.00652. The van der Waals surface area contributed by atoms with E-state index in [1.54, 1.807) is 6.20 Å². The molecular formula is C11H14N2O. The zero-order valence-corrected chi connectivity index (χ0v) is 8.72. The smallest absolute Gasteiger partial charge is 0.253 e. The molecule has 2 heterocycles. The molecule has 2 rings (SSSR count). The first-order valence-electron chi connectivity index (χ1n) is 4.76. The van der Waals surface area contributed by atoms with Crippen LogP contribution in [0.2, 0.25) is 0 Å². The molecule has 74 valence electrons. The highest BCUT2D eigenvalue weighted by atomic mass is 16.1. The van der Waals surface area contributed by atoms with Gasteiger partial charge in [0.15, 0.2) is 0 Å². The molecular weight excluding hydrogens is 176 g/mol.